The van der Waals surface area contributed by atoms with Crippen molar-refractivity contribution in [2.24, 2.45) is 0 Å². The molecule has 0 aliphatic rings. The van der Waals surface area contributed by atoms with E-state index in [4.69, 9.17) is 17.5 Å². The van der Waals surface area contributed by atoms with Crippen molar-refractivity contribution < 1.29 is 26.5 Å². The molecule has 0 saturated carbocycles. The third-order valence-electron chi connectivity index (χ3n) is 19.5. The maximum Gasteiger partial charge on any atom is 0.0782 e. The lowest BCUT2D eigenvalue weighted by molar-refractivity contribution is -0.890. The molecule has 6 nitrogen and oxygen atoms in total. The van der Waals surface area contributed by atoms with Crippen LogP contribution in [0.2, 0.25) is 0 Å². The molecule has 0 heterocycles. The molecule has 87 heavy (non-hydrogen) atoms. The molecule has 0 unspecified atom stereocenters. The van der Waals surface area contributed by atoms with E-state index >= 15 is 0 Å². The van der Waals surface area contributed by atoms with E-state index in [0.29, 0.717) is 0 Å². The van der Waals surface area contributed by atoms with E-state index in [0.717, 1.165) is 0 Å². The van der Waals surface area contributed by atoms with Gasteiger partial charge in [-0.25, -0.2) is 0 Å². The van der Waals surface area contributed by atoms with Gasteiger partial charge in [0.1, 0.15) is 0 Å². The fourth-order valence-corrected chi connectivity index (χ4v) is 13.3. The second-order valence-corrected chi connectivity index (χ2v) is 30.6. The highest BCUT2D eigenvalue weighted by Crippen LogP contribution is 2.20. The van der Waals surface area contributed by atoms with Crippen LogP contribution in [-0.2, 0) is 10.4 Å². The van der Waals surface area contributed by atoms with Crippen molar-refractivity contribution in [1.82, 2.24) is 0 Å². The van der Waals surface area contributed by atoms with Crippen LogP contribution in [0.5, 0.6) is 0 Å². The monoisotopic (exact) mass is 1250 g/mol. The highest BCUT2D eigenvalue weighted by Gasteiger charge is 2.15. The van der Waals surface area contributed by atoms with Gasteiger partial charge in [0.15, 0.2) is 0 Å². The van der Waals surface area contributed by atoms with Crippen LogP contribution in [0.1, 0.15) is 464 Å². The number of hydrogen-bond acceptors (Lipinski definition) is 4. The zero-order valence-corrected chi connectivity index (χ0v) is 62.7. The molecule has 0 amide bonds. The molecule has 528 valence electrons. The lowest BCUT2D eigenvalue weighted by Crippen LogP contribution is -2.41. The molecule has 0 aliphatic carbocycles. The van der Waals surface area contributed by atoms with Crippen LogP contribution in [0.25, 0.3) is 0 Å². The van der Waals surface area contributed by atoms with Gasteiger partial charge >= 0.3 is 0 Å². The second-order valence-electron chi connectivity index (χ2n) is 29.8. The number of nitrogens with zero attached hydrogens (tertiary/aromatic N) is 2. The first-order valence-electron chi connectivity index (χ1n) is 40.5. The Labute approximate surface area is 552 Å². The standard InChI is InChI=1S/2C40H84N.H2O4S/c2*1-5-7-9-11-13-15-17-19-21-22-23-24-25-26-28-30-32-34-36-38-40-41(3,4)39-37-35-33-31-29-27-20-18-16-14-12-10-8-6-2;1-5(2,3)4/h2*5-40H2,1-4H3;(H2,1,2,3,4)/q2*+1;/p-2. The van der Waals surface area contributed by atoms with Gasteiger partial charge in [-0.1, -0.05) is 413 Å². The summed E-state index contributed by atoms with van der Waals surface area (Å²) in [6.45, 7) is 14.8. The van der Waals surface area contributed by atoms with Crippen LogP contribution >= 0.6 is 0 Å². The Morgan fingerprint density at radius 1 is 0.172 bits per heavy atom. The van der Waals surface area contributed by atoms with E-state index in [-0.39, 0.29) is 0 Å². The molecular weight excluding hydrogens is 1080 g/mol. The Kier molecular flexibility index (Phi) is 80.0. The van der Waals surface area contributed by atoms with Gasteiger partial charge in [0.2, 0.25) is 0 Å². The fraction of sp³-hybridized carbons (Fsp3) is 1.00. The van der Waals surface area contributed by atoms with Crippen molar-refractivity contribution in [2.75, 3.05) is 54.4 Å². The van der Waals surface area contributed by atoms with Crippen molar-refractivity contribution in [3.8, 4) is 0 Å². The first-order valence-corrected chi connectivity index (χ1v) is 41.9. The zero-order valence-electron chi connectivity index (χ0n) is 61.8. The van der Waals surface area contributed by atoms with E-state index in [1.807, 2.05) is 0 Å². The SMILES string of the molecule is CCCCCCCCCCCCCCCCCCCCCC[N+](C)(C)CCCCCCCCCCCCCCCC.CCCCCCCCCCCCCCCCCCCCCC[N+](C)(C)CCCCCCCCCCCCCCCC.O=S(=O)([O-])[O-]. The van der Waals surface area contributed by atoms with Gasteiger partial charge < -0.3 is 18.1 Å². The minimum absolute atomic E-state index is 1.25. The molecule has 0 bridgehead atoms. The van der Waals surface area contributed by atoms with Gasteiger partial charge in [-0.2, -0.15) is 0 Å². The Balaban J connectivity index is -0.00000150. The first kappa shape index (κ1) is 91.0. The average Bonchev–Trinajstić information content (AvgIpc) is 3.51. The van der Waals surface area contributed by atoms with Crippen LogP contribution in [0.4, 0.5) is 0 Å². The van der Waals surface area contributed by atoms with Gasteiger partial charge in [0.25, 0.3) is 0 Å². The van der Waals surface area contributed by atoms with Gasteiger partial charge in [-0.05, 0) is 51.4 Å². The minimum atomic E-state index is -5.17. The van der Waals surface area contributed by atoms with E-state index in [1.54, 1.807) is 0 Å². The number of rotatable bonds is 72. The molecule has 0 aliphatic heterocycles. The Morgan fingerprint density at radius 2 is 0.241 bits per heavy atom. The summed E-state index contributed by atoms with van der Waals surface area (Å²) < 4.78 is 36.6. The molecular formula is C80H168N2O4S. The minimum Gasteiger partial charge on any atom is -0.759 e. The van der Waals surface area contributed by atoms with Crippen LogP contribution in [0.3, 0.4) is 0 Å². The number of hydrogen-bond donors (Lipinski definition) is 0. The molecule has 0 saturated heterocycles. The molecule has 0 aromatic carbocycles. The highest BCUT2D eigenvalue weighted by atomic mass is 32.3. The molecule has 0 spiro atoms. The molecule has 7 heteroatoms. The van der Waals surface area contributed by atoms with Crippen molar-refractivity contribution in [2.45, 2.75) is 464 Å². The Bertz CT molecular complexity index is 1230. The van der Waals surface area contributed by atoms with Crippen LogP contribution in [0.15, 0.2) is 0 Å². The predicted octanol–water partition coefficient (Wildman–Crippen LogP) is 27.4. The fourth-order valence-electron chi connectivity index (χ4n) is 13.3. The van der Waals surface area contributed by atoms with Crippen LogP contribution in [-0.4, -0.2) is 80.9 Å². The second kappa shape index (κ2) is 76.5. The normalized spacial score (nSPS) is 12.0. The lowest BCUT2D eigenvalue weighted by Gasteiger charge is -2.30. The molecule has 0 N–H and O–H groups in total. The van der Waals surface area contributed by atoms with E-state index in [2.05, 4.69) is 55.9 Å². The first-order chi connectivity index (χ1) is 42.2. The van der Waals surface area contributed by atoms with Gasteiger partial charge in [-0.15, -0.1) is 0 Å². The number of unbranched alkanes of at least 4 members (excludes halogenated alkanes) is 64. The third kappa shape index (κ3) is 94.6. The van der Waals surface area contributed by atoms with E-state index in [9.17, 15) is 0 Å². The maximum absolute atomic E-state index is 8.52. The topological polar surface area (TPSA) is 80.3 Å². The van der Waals surface area contributed by atoms with Gasteiger partial charge in [-0.3, -0.25) is 8.42 Å². The lowest BCUT2D eigenvalue weighted by atomic mass is 10.0. The van der Waals surface area contributed by atoms with Gasteiger partial charge in [0, 0.05) is 10.4 Å². The average molecular weight is 1250 g/mol. The molecule has 0 aromatic rings. The summed E-state index contributed by atoms with van der Waals surface area (Å²) in [5.74, 6) is 0. The largest absolute Gasteiger partial charge is 0.759 e. The summed E-state index contributed by atoms with van der Waals surface area (Å²) >= 11 is 0. The van der Waals surface area contributed by atoms with Gasteiger partial charge in [0.05, 0.1) is 54.4 Å². The molecule has 0 fully saturated rings. The van der Waals surface area contributed by atoms with Crippen molar-refractivity contribution >= 4 is 10.4 Å². The summed E-state index contributed by atoms with van der Waals surface area (Å²) in [5.41, 5.74) is 0. The summed E-state index contributed by atoms with van der Waals surface area (Å²) in [6, 6.07) is 0. The van der Waals surface area contributed by atoms with Crippen LogP contribution in [0, 0.1) is 0 Å². The predicted molar refractivity (Wildman–Crippen MR) is 391 cm³/mol. The van der Waals surface area contributed by atoms with Crippen molar-refractivity contribution in [1.29, 1.82) is 0 Å². The molecule has 0 rings (SSSR count). The quantitative estimate of drug-likeness (QED) is 0.0263. The molecule has 0 radical (unpaired) electrons. The summed E-state index contributed by atoms with van der Waals surface area (Å²) in [4.78, 5) is 0. The highest BCUT2D eigenvalue weighted by molar-refractivity contribution is 7.79. The Hall–Kier alpha value is -0.210. The summed E-state index contributed by atoms with van der Waals surface area (Å²) in [5, 5.41) is 0. The number of quaternary nitrogens is 2. The molecule has 0 aromatic heterocycles. The Morgan fingerprint density at radius 3 is 0.322 bits per heavy atom. The molecule has 0 atom stereocenters. The zero-order chi connectivity index (χ0) is 64.4. The van der Waals surface area contributed by atoms with Crippen molar-refractivity contribution in [3.63, 3.8) is 0 Å². The van der Waals surface area contributed by atoms with Crippen molar-refractivity contribution in [3.05, 3.63) is 0 Å². The third-order valence-corrected chi connectivity index (χ3v) is 19.5. The van der Waals surface area contributed by atoms with E-state index < -0.39 is 10.4 Å². The summed E-state index contributed by atoms with van der Waals surface area (Å²) in [6.07, 6.45) is 99.8. The maximum atomic E-state index is 8.52. The van der Waals surface area contributed by atoms with Crippen LogP contribution < -0.4 is 0 Å². The summed E-state index contributed by atoms with van der Waals surface area (Å²) in [7, 11) is 4.71. The van der Waals surface area contributed by atoms with E-state index in [1.165, 1.54) is 472 Å². The smallest absolute Gasteiger partial charge is 0.0782 e.